The summed E-state index contributed by atoms with van der Waals surface area (Å²) >= 11 is 0. The van der Waals surface area contributed by atoms with Crippen LogP contribution in [0.4, 0.5) is 0 Å². The molecule has 3 unspecified atom stereocenters. The fourth-order valence-electron chi connectivity index (χ4n) is 3.07. The minimum Gasteiger partial charge on any atom is -0.315 e. The van der Waals surface area contributed by atoms with Crippen LogP contribution in [0.3, 0.4) is 0 Å². The van der Waals surface area contributed by atoms with Crippen molar-refractivity contribution in [1.82, 2.24) is 10.2 Å². The molecule has 0 radical (unpaired) electrons. The Balaban J connectivity index is 2.59. The van der Waals surface area contributed by atoms with Crippen LogP contribution in [0.25, 0.3) is 0 Å². The summed E-state index contributed by atoms with van der Waals surface area (Å²) in [5.41, 5.74) is 0. The Morgan fingerprint density at radius 3 is 2.50 bits per heavy atom. The van der Waals surface area contributed by atoms with E-state index in [9.17, 15) is 0 Å². The summed E-state index contributed by atoms with van der Waals surface area (Å²) in [7, 11) is 4.40. The minimum atomic E-state index is 0.654. The smallest absolute Gasteiger partial charge is 0.0251 e. The van der Waals surface area contributed by atoms with Gasteiger partial charge < -0.3 is 5.32 Å². The first-order valence-electron chi connectivity index (χ1n) is 6.99. The lowest BCUT2D eigenvalue weighted by Gasteiger charge is -2.43. The third kappa shape index (κ3) is 3.46. The molecule has 0 aromatic heterocycles. The van der Waals surface area contributed by atoms with Crippen LogP contribution in [-0.2, 0) is 0 Å². The van der Waals surface area contributed by atoms with Crippen molar-refractivity contribution in [3.8, 4) is 0 Å². The first kappa shape index (κ1) is 14.0. The van der Waals surface area contributed by atoms with E-state index in [1.54, 1.807) is 0 Å². The predicted octanol–water partition coefficient (Wildman–Crippen LogP) is 2.88. The maximum absolute atomic E-state index is 3.51. The van der Waals surface area contributed by atoms with Crippen molar-refractivity contribution in [3.05, 3.63) is 0 Å². The highest BCUT2D eigenvalue weighted by Gasteiger charge is 2.32. The Bertz CT molecular complexity index is 189. The summed E-state index contributed by atoms with van der Waals surface area (Å²) in [4.78, 5) is 2.56. The van der Waals surface area contributed by atoms with Gasteiger partial charge >= 0.3 is 0 Å². The summed E-state index contributed by atoms with van der Waals surface area (Å²) in [6.07, 6.45) is 6.91. The lowest BCUT2D eigenvalue weighted by atomic mass is 9.79. The van der Waals surface area contributed by atoms with Gasteiger partial charge in [0.05, 0.1) is 0 Å². The van der Waals surface area contributed by atoms with Gasteiger partial charge in [0, 0.05) is 18.1 Å². The lowest BCUT2D eigenvalue weighted by molar-refractivity contribution is 0.0958. The fourth-order valence-corrected chi connectivity index (χ4v) is 3.07. The van der Waals surface area contributed by atoms with Crippen molar-refractivity contribution in [1.29, 1.82) is 0 Å². The number of hydrogen-bond donors (Lipinski definition) is 1. The Labute approximate surface area is 102 Å². The zero-order valence-electron chi connectivity index (χ0n) is 11.8. The molecule has 0 aromatic rings. The molecule has 0 spiro atoms. The summed E-state index contributed by atoms with van der Waals surface area (Å²) in [5, 5.41) is 3.51. The summed E-state index contributed by atoms with van der Waals surface area (Å²) in [6.45, 7) is 6.91. The van der Waals surface area contributed by atoms with E-state index < -0.39 is 0 Å². The summed E-state index contributed by atoms with van der Waals surface area (Å²) < 4.78 is 0. The highest BCUT2D eigenvalue weighted by molar-refractivity contribution is 4.90. The average Bonchev–Trinajstić information content (AvgIpc) is 2.28. The van der Waals surface area contributed by atoms with Crippen molar-refractivity contribution < 1.29 is 0 Å². The molecule has 3 atom stereocenters. The molecule has 96 valence electrons. The van der Waals surface area contributed by atoms with E-state index in [1.165, 1.54) is 32.1 Å². The number of nitrogens with one attached hydrogen (secondary N) is 1. The van der Waals surface area contributed by atoms with E-state index in [1.807, 2.05) is 0 Å². The van der Waals surface area contributed by atoms with Gasteiger partial charge in [-0.25, -0.2) is 0 Å². The molecular formula is C14H30N2. The van der Waals surface area contributed by atoms with Crippen LogP contribution < -0.4 is 5.32 Å². The second-order valence-corrected chi connectivity index (χ2v) is 5.69. The van der Waals surface area contributed by atoms with Crippen LogP contribution in [0.2, 0.25) is 0 Å². The van der Waals surface area contributed by atoms with Gasteiger partial charge in [0.2, 0.25) is 0 Å². The van der Waals surface area contributed by atoms with Crippen LogP contribution in [0.5, 0.6) is 0 Å². The van der Waals surface area contributed by atoms with Crippen molar-refractivity contribution in [2.75, 3.05) is 14.1 Å². The van der Waals surface area contributed by atoms with E-state index in [4.69, 9.17) is 0 Å². The molecule has 2 nitrogen and oxygen atoms in total. The maximum atomic E-state index is 3.51. The molecule has 0 aromatic carbocycles. The quantitative estimate of drug-likeness (QED) is 0.775. The minimum absolute atomic E-state index is 0.654. The van der Waals surface area contributed by atoms with Crippen LogP contribution >= 0.6 is 0 Å². The molecule has 0 saturated heterocycles. The van der Waals surface area contributed by atoms with Gasteiger partial charge in [-0.15, -0.1) is 0 Å². The lowest BCUT2D eigenvalue weighted by Crippen LogP contribution is -2.53. The standard InChI is InChI=1S/C14H30N2/c1-6-7-12-8-9-13(15-4)14(10-12)16(5)11(2)3/h11-15H,6-10H2,1-5H3. The number of rotatable bonds is 5. The topological polar surface area (TPSA) is 15.3 Å². The van der Waals surface area contributed by atoms with E-state index in [0.29, 0.717) is 12.1 Å². The number of nitrogens with zero attached hydrogens (tertiary/aromatic N) is 1. The third-order valence-electron chi connectivity index (χ3n) is 4.33. The zero-order valence-corrected chi connectivity index (χ0v) is 11.8. The van der Waals surface area contributed by atoms with Crippen molar-refractivity contribution >= 4 is 0 Å². The SMILES string of the molecule is CCCC1CCC(NC)C(N(C)C(C)C)C1. The van der Waals surface area contributed by atoms with E-state index in [0.717, 1.165) is 12.0 Å². The van der Waals surface area contributed by atoms with Gasteiger partial charge in [-0.05, 0) is 53.1 Å². The van der Waals surface area contributed by atoms with Crippen molar-refractivity contribution in [2.45, 2.75) is 71.0 Å². The molecule has 0 bridgehead atoms. The average molecular weight is 226 g/mol. The molecule has 0 aliphatic heterocycles. The number of likely N-dealkylation sites (N-methyl/N-ethyl adjacent to an activating group) is 2. The van der Waals surface area contributed by atoms with Crippen molar-refractivity contribution in [2.24, 2.45) is 5.92 Å². The predicted molar refractivity (Wildman–Crippen MR) is 71.8 cm³/mol. The van der Waals surface area contributed by atoms with Gasteiger partial charge in [0.25, 0.3) is 0 Å². The molecule has 1 N–H and O–H groups in total. The van der Waals surface area contributed by atoms with Gasteiger partial charge in [0.15, 0.2) is 0 Å². The van der Waals surface area contributed by atoms with Crippen LogP contribution in [-0.4, -0.2) is 37.1 Å². The Hall–Kier alpha value is -0.0800. The number of hydrogen-bond acceptors (Lipinski definition) is 2. The van der Waals surface area contributed by atoms with Gasteiger partial charge in [-0.3, -0.25) is 4.90 Å². The normalized spacial score (nSPS) is 31.3. The third-order valence-corrected chi connectivity index (χ3v) is 4.33. The molecule has 1 saturated carbocycles. The molecule has 0 heterocycles. The Kier molecular flexibility index (Phi) is 5.77. The van der Waals surface area contributed by atoms with Crippen LogP contribution in [0.1, 0.15) is 52.9 Å². The molecule has 1 aliphatic carbocycles. The van der Waals surface area contributed by atoms with Crippen LogP contribution in [0, 0.1) is 5.92 Å². The molecule has 2 heteroatoms. The van der Waals surface area contributed by atoms with E-state index in [2.05, 4.69) is 45.1 Å². The van der Waals surface area contributed by atoms with Crippen LogP contribution in [0.15, 0.2) is 0 Å². The Morgan fingerprint density at radius 1 is 1.31 bits per heavy atom. The molecule has 1 rings (SSSR count). The van der Waals surface area contributed by atoms with Gasteiger partial charge in [0.1, 0.15) is 0 Å². The molecule has 16 heavy (non-hydrogen) atoms. The molecule has 1 fully saturated rings. The summed E-state index contributed by atoms with van der Waals surface area (Å²) in [6, 6.07) is 2.08. The second kappa shape index (κ2) is 6.61. The molecular weight excluding hydrogens is 196 g/mol. The monoisotopic (exact) mass is 226 g/mol. The highest BCUT2D eigenvalue weighted by Crippen LogP contribution is 2.31. The Morgan fingerprint density at radius 2 is 2.00 bits per heavy atom. The van der Waals surface area contributed by atoms with E-state index >= 15 is 0 Å². The first-order chi connectivity index (χ1) is 7.60. The van der Waals surface area contributed by atoms with Crippen molar-refractivity contribution in [3.63, 3.8) is 0 Å². The second-order valence-electron chi connectivity index (χ2n) is 5.69. The first-order valence-corrected chi connectivity index (χ1v) is 6.99. The molecule has 1 aliphatic rings. The fraction of sp³-hybridized carbons (Fsp3) is 1.00. The van der Waals surface area contributed by atoms with Gasteiger partial charge in [-0.1, -0.05) is 19.8 Å². The van der Waals surface area contributed by atoms with Gasteiger partial charge in [-0.2, -0.15) is 0 Å². The maximum Gasteiger partial charge on any atom is 0.0251 e. The zero-order chi connectivity index (χ0) is 12.1. The largest absolute Gasteiger partial charge is 0.315 e. The summed E-state index contributed by atoms with van der Waals surface area (Å²) in [5.74, 6) is 0.959. The highest BCUT2D eigenvalue weighted by atomic mass is 15.2. The van der Waals surface area contributed by atoms with E-state index in [-0.39, 0.29) is 0 Å². The molecule has 0 amide bonds.